The standard InChI is InChI=1S/C23H18N2O5S/c1-2-30-23(29)14-8-10-15(11-9-14)25-19(16-6-3-4-12-24-16)18(21(27)22(25)28)20(26)17-7-5-13-31-17/h3-13,19,27H,2H2,1H3/t19-/m0/s1. The number of benzene rings is 1. The molecule has 156 valence electrons. The smallest absolute Gasteiger partial charge is 0.338 e. The Bertz CT molecular complexity index is 1150. The molecule has 1 aliphatic heterocycles. The molecule has 3 aromatic rings. The average molecular weight is 434 g/mol. The molecule has 7 nitrogen and oxygen atoms in total. The van der Waals surface area contributed by atoms with Gasteiger partial charge in [-0.15, -0.1) is 11.3 Å². The first-order valence-electron chi connectivity index (χ1n) is 9.56. The number of carbonyl (C=O) groups excluding carboxylic acids is 3. The summed E-state index contributed by atoms with van der Waals surface area (Å²) in [4.78, 5) is 44.2. The Hall–Kier alpha value is -3.78. The van der Waals surface area contributed by atoms with E-state index in [1.165, 1.54) is 28.4 Å². The van der Waals surface area contributed by atoms with E-state index in [-0.39, 0.29) is 12.2 Å². The molecule has 0 spiro atoms. The first kappa shape index (κ1) is 20.5. The van der Waals surface area contributed by atoms with Crippen molar-refractivity contribution in [2.24, 2.45) is 0 Å². The summed E-state index contributed by atoms with van der Waals surface area (Å²) in [7, 11) is 0. The molecule has 8 heteroatoms. The maximum atomic E-state index is 13.2. The number of pyridine rings is 1. The lowest BCUT2D eigenvalue weighted by Crippen LogP contribution is -2.31. The minimum absolute atomic E-state index is 0.0272. The largest absolute Gasteiger partial charge is 0.503 e. The molecule has 4 rings (SSSR count). The molecule has 0 aliphatic carbocycles. The lowest BCUT2D eigenvalue weighted by atomic mass is 9.98. The van der Waals surface area contributed by atoms with Crippen LogP contribution in [-0.4, -0.2) is 34.4 Å². The van der Waals surface area contributed by atoms with Gasteiger partial charge in [-0.2, -0.15) is 0 Å². The van der Waals surface area contributed by atoms with Gasteiger partial charge in [0, 0.05) is 11.9 Å². The number of thiophene rings is 1. The second kappa shape index (κ2) is 8.53. The zero-order valence-electron chi connectivity index (χ0n) is 16.5. The molecule has 1 amide bonds. The van der Waals surface area contributed by atoms with E-state index in [9.17, 15) is 19.5 Å². The maximum Gasteiger partial charge on any atom is 0.338 e. The summed E-state index contributed by atoms with van der Waals surface area (Å²) in [5, 5.41) is 12.4. The highest BCUT2D eigenvalue weighted by molar-refractivity contribution is 7.12. The number of carbonyl (C=O) groups is 3. The molecule has 3 heterocycles. The summed E-state index contributed by atoms with van der Waals surface area (Å²) < 4.78 is 4.99. The number of esters is 1. The Labute approximate surface area is 182 Å². The second-order valence-electron chi connectivity index (χ2n) is 6.67. The minimum atomic E-state index is -0.906. The molecule has 1 N–H and O–H groups in total. The van der Waals surface area contributed by atoms with Gasteiger partial charge in [0.25, 0.3) is 5.91 Å². The first-order chi connectivity index (χ1) is 15.0. The number of hydrogen-bond donors (Lipinski definition) is 1. The fraction of sp³-hybridized carbons (Fsp3) is 0.130. The van der Waals surface area contributed by atoms with Crippen LogP contribution < -0.4 is 4.90 Å². The van der Waals surface area contributed by atoms with Gasteiger partial charge in [0.2, 0.25) is 5.78 Å². The minimum Gasteiger partial charge on any atom is -0.503 e. The Morgan fingerprint density at radius 1 is 1.13 bits per heavy atom. The van der Waals surface area contributed by atoms with Crippen molar-refractivity contribution in [3.63, 3.8) is 0 Å². The van der Waals surface area contributed by atoms with Crippen molar-refractivity contribution in [3.05, 3.63) is 93.6 Å². The Morgan fingerprint density at radius 2 is 1.90 bits per heavy atom. The van der Waals surface area contributed by atoms with Crippen molar-refractivity contribution in [1.29, 1.82) is 0 Å². The number of ketones is 1. The molecular weight excluding hydrogens is 416 g/mol. The van der Waals surface area contributed by atoms with Gasteiger partial charge >= 0.3 is 5.97 Å². The molecule has 0 fully saturated rings. The number of aliphatic hydroxyl groups is 1. The summed E-state index contributed by atoms with van der Waals surface area (Å²) in [6.45, 7) is 1.96. The van der Waals surface area contributed by atoms with Crippen molar-refractivity contribution >= 4 is 34.7 Å². The van der Waals surface area contributed by atoms with E-state index >= 15 is 0 Å². The van der Waals surface area contributed by atoms with Crippen LogP contribution in [0.1, 0.15) is 38.7 Å². The number of amides is 1. The van der Waals surface area contributed by atoms with E-state index < -0.39 is 29.5 Å². The van der Waals surface area contributed by atoms with Crippen LogP contribution in [0.2, 0.25) is 0 Å². The number of rotatable bonds is 6. The topological polar surface area (TPSA) is 96.8 Å². The number of Topliss-reactive ketones (excluding diaryl/α,β-unsaturated/α-hetero) is 1. The summed E-state index contributed by atoms with van der Waals surface area (Å²) in [5.74, 6) is -2.22. The molecular formula is C23H18N2O5S. The van der Waals surface area contributed by atoms with Crippen LogP contribution in [0.25, 0.3) is 0 Å². The monoisotopic (exact) mass is 434 g/mol. The third kappa shape index (κ3) is 3.73. The zero-order valence-corrected chi connectivity index (χ0v) is 17.3. The van der Waals surface area contributed by atoms with E-state index in [0.717, 1.165) is 0 Å². The van der Waals surface area contributed by atoms with Crippen LogP contribution in [-0.2, 0) is 9.53 Å². The number of ether oxygens (including phenoxy) is 1. The first-order valence-corrected chi connectivity index (χ1v) is 10.4. The third-order valence-electron chi connectivity index (χ3n) is 4.82. The summed E-state index contributed by atoms with van der Waals surface area (Å²) in [5.41, 5.74) is 1.16. The normalized spacial score (nSPS) is 16.0. The number of nitrogens with zero attached hydrogens (tertiary/aromatic N) is 2. The number of anilines is 1. The predicted octanol–water partition coefficient (Wildman–Crippen LogP) is 4.10. The van der Waals surface area contributed by atoms with Crippen molar-refractivity contribution in [2.45, 2.75) is 13.0 Å². The van der Waals surface area contributed by atoms with Gasteiger partial charge < -0.3 is 9.84 Å². The van der Waals surface area contributed by atoms with Crippen LogP contribution in [0, 0.1) is 0 Å². The third-order valence-corrected chi connectivity index (χ3v) is 5.69. The molecule has 1 atom stereocenters. The summed E-state index contributed by atoms with van der Waals surface area (Å²) in [6.07, 6.45) is 1.56. The van der Waals surface area contributed by atoms with E-state index in [1.54, 1.807) is 61.0 Å². The Balaban J connectivity index is 1.78. The summed E-state index contributed by atoms with van der Waals surface area (Å²) in [6, 6.07) is 13.9. The lowest BCUT2D eigenvalue weighted by molar-refractivity contribution is -0.117. The molecule has 2 aromatic heterocycles. The van der Waals surface area contributed by atoms with E-state index in [1.807, 2.05) is 0 Å². The zero-order chi connectivity index (χ0) is 22.0. The van der Waals surface area contributed by atoms with Crippen molar-refractivity contribution in [3.8, 4) is 0 Å². The molecule has 0 unspecified atom stereocenters. The van der Waals surface area contributed by atoms with E-state index in [2.05, 4.69) is 4.98 Å². The van der Waals surface area contributed by atoms with Crippen LogP contribution in [0.3, 0.4) is 0 Å². The van der Waals surface area contributed by atoms with Gasteiger partial charge in [0.05, 0.1) is 28.3 Å². The van der Waals surface area contributed by atoms with Crippen molar-refractivity contribution in [1.82, 2.24) is 4.98 Å². The van der Waals surface area contributed by atoms with Crippen molar-refractivity contribution < 1.29 is 24.2 Å². The maximum absolute atomic E-state index is 13.2. The molecule has 0 saturated heterocycles. The Kier molecular flexibility index (Phi) is 5.64. The lowest BCUT2D eigenvalue weighted by Gasteiger charge is -2.26. The molecule has 0 saturated carbocycles. The summed E-state index contributed by atoms with van der Waals surface area (Å²) >= 11 is 1.23. The molecule has 0 radical (unpaired) electrons. The van der Waals surface area contributed by atoms with Crippen LogP contribution in [0.4, 0.5) is 5.69 Å². The van der Waals surface area contributed by atoms with E-state index in [0.29, 0.717) is 21.8 Å². The fourth-order valence-corrected chi connectivity index (χ4v) is 4.11. The molecule has 1 aliphatic rings. The van der Waals surface area contributed by atoms with Crippen molar-refractivity contribution in [2.75, 3.05) is 11.5 Å². The van der Waals surface area contributed by atoms with Crippen LogP contribution in [0.15, 0.2) is 77.5 Å². The van der Waals surface area contributed by atoms with Gasteiger partial charge in [-0.25, -0.2) is 4.79 Å². The second-order valence-corrected chi connectivity index (χ2v) is 7.62. The number of hydrogen-bond acceptors (Lipinski definition) is 7. The SMILES string of the molecule is CCOC(=O)c1ccc(N2C(=O)C(O)=C(C(=O)c3cccs3)[C@@H]2c2ccccn2)cc1. The average Bonchev–Trinajstić information content (AvgIpc) is 3.42. The number of aromatic nitrogens is 1. The van der Waals surface area contributed by atoms with Gasteiger partial charge in [0.1, 0.15) is 6.04 Å². The fourth-order valence-electron chi connectivity index (χ4n) is 3.43. The predicted molar refractivity (Wildman–Crippen MR) is 115 cm³/mol. The van der Waals surface area contributed by atoms with Gasteiger partial charge in [0.15, 0.2) is 5.76 Å². The van der Waals surface area contributed by atoms with Crippen LogP contribution in [0.5, 0.6) is 0 Å². The molecule has 31 heavy (non-hydrogen) atoms. The number of aliphatic hydroxyl groups excluding tert-OH is 1. The van der Waals surface area contributed by atoms with Gasteiger partial charge in [-0.3, -0.25) is 19.5 Å². The van der Waals surface area contributed by atoms with Gasteiger partial charge in [-0.1, -0.05) is 12.1 Å². The van der Waals surface area contributed by atoms with Crippen LogP contribution >= 0.6 is 11.3 Å². The highest BCUT2D eigenvalue weighted by Gasteiger charge is 2.45. The quantitative estimate of drug-likeness (QED) is 0.463. The molecule has 0 bridgehead atoms. The highest BCUT2D eigenvalue weighted by atomic mass is 32.1. The highest BCUT2D eigenvalue weighted by Crippen LogP contribution is 2.41. The molecule has 1 aromatic carbocycles. The Morgan fingerprint density at radius 3 is 2.52 bits per heavy atom. The van der Waals surface area contributed by atoms with Gasteiger partial charge in [-0.05, 0) is 54.8 Å². The van der Waals surface area contributed by atoms with E-state index in [4.69, 9.17) is 4.74 Å².